The van der Waals surface area contributed by atoms with Crippen LogP contribution in [0.5, 0.6) is 5.75 Å². The van der Waals surface area contributed by atoms with Crippen LogP contribution in [-0.2, 0) is 6.54 Å². The third-order valence-corrected chi connectivity index (χ3v) is 5.90. The number of rotatable bonds is 6. The molecule has 5 nitrogen and oxygen atoms in total. The van der Waals surface area contributed by atoms with Gasteiger partial charge in [0.05, 0.1) is 16.8 Å². The maximum Gasteiger partial charge on any atom is 0.184 e. The summed E-state index contributed by atoms with van der Waals surface area (Å²) in [5.41, 5.74) is 3.59. The first-order valence-electron chi connectivity index (χ1n) is 9.51. The van der Waals surface area contributed by atoms with Crippen molar-refractivity contribution >= 4 is 32.4 Å². The van der Waals surface area contributed by atoms with Gasteiger partial charge >= 0.3 is 0 Å². The fourth-order valence-corrected chi connectivity index (χ4v) is 4.19. The molecule has 2 aromatic carbocycles. The van der Waals surface area contributed by atoms with Crippen molar-refractivity contribution in [2.24, 2.45) is 0 Å². The minimum Gasteiger partial charge on any atom is -0.494 e. The van der Waals surface area contributed by atoms with E-state index in [1.807, 2.05) is 19.1 Å². The molecule has 1 aliphatic heterocycles. The van der Waals surface area contributed by atoms with Gasteiger partial charge in [-0.2, -0.15) is 0 Å². The van der Waals surface area contributed by atoms with Crippen LogP contribution in [0.25, 0.3) is 10.2 Å². The zero-order valence-corrected chi connectivity index (χ0v) is 16.8. The molecular weight excluding hydrogens is 356 g/mol. The number of aromatic nitrogens is 1. The monoisotopic (exact) mass is 382 g/mol. The highest BCUT2D eigenvalue weighted by molar-refractivity contribution is 7.22. The van der Waals surface area contributed by atoms with Crippen molar-refractivity contribution in [3.63, 3.8) is 0 Å². The predicted octanol–water partition coefficient (Wildman–Crippen LogP) is 4.06. The molecule has 0 atom stereocenters. The van der Waals surface area contributed by atoms with Gasteiger partial charge in [0.1, 0.15) is 5.75 Å². The quantitative estimate of drug-likeness (QED) is 0.696. The van der Waals surface area contributed by atoms with Crippen LogP contribution in [0.3, 0.4) is 0 Å². The average Bonchev–Trinajstić information content (AvgIpc) is 3.10. The number of ether oxygens (including phenoxy) is 1. The van der Waals surface area contributed by atoms with Gasteiger partial charge < -0.3 is 19.9 Å². The summed E-state index contributed by atoms with van der Waals surface area (Å²) in [6.45, 7) is 7.92. The molecule has 27 heavy (non-hydrogen) atoms. The van der Waals surface area contributed by atoms with Crippen molar-refractivity contribution in [1.82, 2.24) is 9.88 Å². The largest absolute Gasteiger partial charge is 0.494 e. The van der Waals surface area contributed by atoms with Crippen molar-refractivity contribution < 1.29 is 4.74 Å². The van der Waals surface area contributed by atoms with E-state index in [2.05, 4.69) is 57.5 Å². The third-order valence-electron chi connectivity index (χ3n) is 4.92. The molecule has 6 heteroatoms. The Morgan fingerprint density at radius 3 is 2.59 bits per heavy atom. The minimum atomic E-state index is 0.680. The lowest BCUT2D eigenvalue weighted by atomic mass is 10.2. The fourth-order valence-electron chi connectivity index (χ4n) is 3.30. The van der Waals surface area contributed by atoms with E-state index in [0.717, 1.165) is 53.8 Å². The van der Waals surface area contributed by atoms with Gasteiger partial charge in [0.25, 0.3) is 0 Å². The Hall–Kier alpha value is -2.31. The van der Waals surface area contributed by atoms with E-state index in [1.165, 1.54) is 11.3 Å². The summed E-state index contributed by atoms with van der Waals surface area (Å²) in [6.07, 6.45) is 0. The molecule has 0 bridgehead atoms. The lowest BCUT2D eigenvalue weighted by Gasteiger charge is -2.34. The second-order valence-electron chi connectivity index (χ2n) is 6.89. The minimum absolute atomic E-state index is 0.680. The van der Waals surface area contributed by atoms with Crippen molar-refractivity contribution in [2.75, 3.05) is 50.1 Å². The second kappa shape index (κ2) is 8.15. The molecule has 0 amide bonds. The van der Waals surface area contributed by atoms with E-state index in [-0.39, 0.29) is 0 Å². The van der Waals surface area contributed by atoms with Crippen molar-refractivity contribution in [3.05, 3.63) is 48.0 Å². The molecule has 1 saturated heterocycles. The molecule has 3 aromatic rings. The van der Waals surface area contributed by atoms with Crippen LogP contribution >= 0.6 is 11.3 Å². The molecule has 1 aromatic heterocycles. The molecule has 0 spiro atoms. The highest BCUT2D eigenvalue weighted by Gasteiger charge is 2.14. The molecule has 1 fully saturated rings. The predicted molar refractivity (Wildman–Crippen MR) is 114 cm³/mol. The Bertz CT molecular complexity index is 885. The van der Waals surface area contributed by atoms with E-state index in [9.17, 15) is 0 Å². The third kappa shape index (κ3) is 4.34. The first-order chi connectivity index (χ1) is 13.2. The SMILES string of the molecule is CCOc1ccc2nc(NCc3ccc(N4CCN(C)CC4)cc3)sc2c1. The number of hydrogen-bond donors (Lipinski definition) is 1. The zero-order chi connectivity index (χ0) is 18.6. The van der Waals surface area contributed by atoms with E-state index in [0.29, 0.717) is 6.61 Å². The van der Waals surface area contributed by atoms with Crippen LogP contribution in [0.4, 0.5) is 10.8 Å². The first-order valence-corrected chi connectivity index (χ1v) is 10.3. The second-order valence-corrected chi connectivity index (χ2v) is 7.92. The van der Waals surface area contributed by atoms with Gasteiger partial charge in [-0.25, -0.2) is 4.98 Å². The summed E-state index contributed by atoms with van der Waals surface area (Å²) >= 11 is 1.67. The van der Waals surface area contributed by atoms with Crippen LogP contribution in [0, 0.1) is 0 Å². The lowest BCUT2D eigenvalue weighted by Crippen LogP contribution is -2.44. The van der Waals surface area contributed by atoms with Crippen LogP contribution in [0.15, 0.2) is 42.5 Å². The summed E-state index contributed by atoms with van der Waals surface area (Å²) in [4.78, 5) is 9.50. The Morgan fingerprint density at radius 1 is 1.07 bits per heavy atom. The van der Waals surface area contributed by atoms with E-state index in [4.69, 9.17) is 4.74 Å². The number of fused-ring (bicyclic) bond motifs is 1. The number of piperazine rings is 1. The number of thiazole rings is 1. The Labute approximate surface area is 164 Å². The summed E-state index contributed by atoms with van der Waals surface area (Å²) in [7, 11) is 2.19. The Balaban J connectivity index is 1.37. The lowest BCUT2D eigenvalue weighted by molar-refractivity contribution is 0.313. The number of benzene rings is 2. The van der Waals surface area contributed by atoms with Crippen LogP contribution in [0.2, 0.25) is 0 Å². The standard InChI is InChI=1S/C21H26N4OS/c1-3-26-18-8-9-19-20(14-18)27-21(23-19)22-15-16-4-6-17(7-5-16)25-12-10-24(2)11-13-25/h4-9,14H,3,10-13,15H2,1-2H3,(H,22,23). The number of anilines is 2. The maximum atomic E-state index is 5.57. The molecular formula is C21H26N4OS. The molecule has 0 radical (unpaired) electrons. The molecule has 4 rings (SSSR count). The van der Waals surface area contributed by atoms with Crippen molar-refractivity contribution in [3.8, 4) is 5.75 Å². The van der Waals surface area contributed by atoms with E-state index < -0.39 is 0 Å². The van der Waals surface area contributed by atoms with Gasteiger partial charge in [0.2, 0.25) is 0 Å². The summed E-state index contributed by atoms with van der Waals surface area (Å²) in [5.74, 6) is 0.902. The highest BCUT2D eigenvalue weighted by atomic mass is 32.1. The zero-order valence-electron chi connectivity index (χ0n) is 15.9. The van der Waals surface area contributed by atoms with Crippen molar-refractivity contribution in [2.45, 2.75) is 13.5 Å². The molecule has 0 saturated carbocycles. The number of hydrogen-bond acceptors (Lipinski definition) is 6. The van der Waals surface area contributed by atoms with Gasteiger partial charge in [-0.05, 0) is 49.9 Å². The summed E-state index contributed by atoms with van der Waals surface area (Å²) < 4.78 is 6.72. The molecule has 0 unspecified atom stereocenters. The first kappa shape index (κ1) is 18.1. The van der Waals surface area contributed by atoms with E-state index in [1.54, 1.807) is 11.3 Å². The fraction of sp³-hybridized carbons (Fsp3) is 0.381. The normalized spacial score (nSPS) is 15.3. The summed E-state index contributed by atoms with van der Waals surface area (Å²) in [6, 6.07) is 14.9. The Kier molecular flexibility index (Phi) is 5.45. The number of likely N-dealkylation sites (N-methyl/N-ethyl adjacent to an activating group) is 1. The van der Waals surface area contributed by atoms with Gasteiger partial charge in [0, 0.05) is 38.4 Å². The molecule has 2 heterocycles. The highest BCUT2D eigenvalue weighted by Crippen LogP contribution is 2.29. The number of nitrogens with zero attached hydrogens (tertiary/aromatic N) is 3. The molecule has 0 aliphatic carbocycles. The van der Waals surface area contributed by atoms with Gasteiger partial charge in [0.15, 0.2) is 5.13 Å². The smallest absolute Gasteiger partial charge is 0.184 e. The van der Waals surface area contributed by atoms with Gasteiger partial charge in [-0.1, -0.05) is 23.5 Å². The maximum absolute atomic E-state index is 5.57. The topological polar surface area (TPSA) is 40.6 Å². The molecule has 1 N–H and O–H groups in total. The van der Waals surface area contributed by atoms with Crippen LogP contribution in [0.1, 0.15) is 12.5 Å². The van der Waals surface area contributed by atoms with Gasteiger partial charge in [-0.15, -0.1) is 0 Å². The van der Waals surface area contributed by atoms with Gasteiger partial charge in [-0.3, -0.25) is 0 Å². The number of nitrogens with one attached hydrogen (secondary N) is 1. The van der Waals surface area contributed by atoms with Crippen LogP contribution in [-0.4, -0.2) is 49.7 Å². The van der Waals surface area contributed by atoms with Crippen molar-refractivity contribution in [1.29, 1.82) is 0 Å². The average molecular weight is 383 g/mol. The molecule has 1 aliphatic rings. The van der Waals surface area contributed by atoms with E-state index >= 15 is 0 Å². The van der Waals surface area contributed by atoms with Crippen LogP contribution < -0.4 is 15.0 Å². The molecule has 142 valence electrons. The Morgan fingerprint density at radius 2 is 1.85 bits per heavy atom. The summed E-state index contributed by atoms with van der Waals surface area (Å²) in [5, 5.41) is 4.40.